The molecule has 3 atom stereocenters. The number of carbonyl (C=O) groups excluding carboxylic acids is 1. The first-order valence-corrected chi connectivity index (χ1v) is 15.2. The molecule has 3 aliphatic carbocycles. The highest BCUT2D eigenvalue weighted by molar-refractivity contribution is 7.86. The van der Waals surface area contributed by atoms with Crippen LogP contribution in [0.2, 0.25) is 0 Å². The minimum absolute atomic E-state index is 0. The van der Waals surface area contributed by atoms with Crippen LogP contribution < -0.4 is 10.4 Å². The number of amides is 1. The molecule has 1 N–H and O–H groups in total. The molecule has 0 bridgehead atoms. The van der Waals surface area contributed by atoms with Crippen LogP contribution in [0.1, 0.15) is 41.9 Å². The van der Waals surface area contributed by atoms with Gasteiger partial charge in [0.05, 0.1) is 0 Å². The summed E-state index contributed by atoms with van der Waals surface area (Å²) >= 11 is 0. The van der Waals surface area contributed by atoms with Crippen molar-refractivity contribution in [3.05, 3.63) is 87.6 Å². The van der Waals surface area contributed by atoms with Crippen LogP contribution in [-0.2, 0) is 14.9 Å². The Bertz CT molecular complexity index is 2040. The molecule has 1 amide bonds. The number of carbonyl (C=O) groups is 1. The van der Waals surface area contributed by atoms with E-state index in [1.54, 1.807) is 12.1 Å². The molecule has 3 aromatic carbocycles. The molecule has 0 saturated heterocycles. The average Bonchev–Trinajstić information content (AvgIpc) is 3.72. The summed E-state index contributed by atoms with van der Waals surface area (Å²) in [5, 5.41) is 3.50. The van der Waals surface area contributed by atoms with Crippen LogP contribution in [0.4, 0.5) is 4.39 Å². The summed E-state index contributed by atoms with van der Waals surface area (Å²) in [7, 11) is -4.29. The smallest absolute Gasteiger partial charge is 0.285 e. The Morgan fingerprint density at radius 3 is 2.33 bits per heavy atom. The van der Waals surface area contributed by atoms with Gasteiger partial charge in [-0.15, -0.1) is 12.4 Å². The molecular formula is C32H26ClFN4O4S. The van der Waals surface area contributed by atoms with Crippen LogP contribution in [-0.4, -0.2) is 48.4 Å². The van der Waals surface area contributed by atoms with Crippen LogP contribution in [0.3, 0.4) is 0 Å². The van der Waals surface area contributed by atoms with Gasteiger partial charge in [-0.3, -0.25) is 9.35 Å². The van der Waals surface area contributed by atoms with Crippen molar-refractivity contribution in [1.82, 2.24) is 0 Å². The van der Waals surface area contributed by atoms with Crippen LogP contribution >= 0.6 is 12.4 Å². The van der Waals surface area contributed by atoms with E-state index in [2.05, 4.69) is 56.4 Å². The second kappa shape index (κ2) is 11.2. The Kier molecular flexibility index (Phi) is 7.53. The average molecular weight is 617 g/mol. The molecule has 8 rings (SSSR count). The predicted octanol–water partition coefficient (Wildman–Crippen LogP) is 4.24. The van der Waals surface area contributed by atoms with Gasteiger partial charge in [-0.1, -0.05) is 60.7 Å². The highest BCUT2D eigenvalue weighted by Gasteiger charge is 2.37. The summed E-state index contributed by atoms with van der Waals surface area (Å²) in [5.74, 6) is 0.275. The Balaban J connectivity index is 0.000000254. The predicted molar refractivity (Wildman–Crippen MR) is 170 cm³/mol. The molecule has 5 aliphatic rings. The maximum absolute atomic E-state index is 13.6. The molecule has 43 heavy (non-hydrogen) atoms. The molecule has 218 valence electrons. The van der Waals surface area contributed by atoms with Gasteiger partial charge in [0.15, 0.2) is 11.5 Å². The molecule has 2 heterocycles. The lowest BCUT2D eigenvalue weighted by Crippen LogP contribution is -2.35. The zero-order valence-corrected chi connectivity index (χ0v) is 24.3. The third kappa shape index (κ3) is 5.42. The quantitative estimate of drug-likeness (QED) is 0.443. The molecule has 0 aromatic heterocycles. The molecule has 1 saturated carbocycles. The number of nitrogens with zero attached hydrogens (tertiary/aromatic N) is 4. The van der Waals surface area contributed by atoms with E-state index in [4.69, 9.17) is 0 Å². The summed E-state index contributed by atoms with van der Waals surface area (Å²) < 4.78 is 48.1. The first kappa shape index (κ1) is 29.0. The van der Waals surface area contributed by atoms with E-state index >= 15 is 0 Å². The van der Waals surface area contributed by atoms with Crippen LogP contribution in [0.5, 0.6) is 0 Å². The fourth-order valence-electron chi connectivity index (χ4n) is 6.18. The minimum atomic E-state index is -4.29. The molecule has 11 heteroatoms. The number of halogens is 2. The first-order valence-electron chi connectivity index (χ1n) is 13.7. The number of rotatable bonds is 3. The van der Waals surface area contributed by atoms with Crippen molar-refractivity contribution in [1.29, 1.82) is 0 Å². The standard InChI is InChI=1S/C27H23FO3S.C5H2N4O.ClH/c28-20-8-5-18(6-9-20)27-24-12-11-23-21(22(24)13-14-26(27)32(29,30)31)10-7-17-3-4-19(15-25(17)23)16-1-2-16;10-5-3-4(7-1-6-3)8-2-9-5;/h3-13,15-16,19,26-27H,1-2,14H2,(H,29,30,31);1-2H;1H. The van der Waals surface area contributed by atoms with E-state index in [1.165, 1.54) is 48.4 Å². The molecular weight excluding hydrogens is 591 g/mol. The molecule has 0 radical (unpaired) electrons. The second-order valence-electron chi connectivity index (χ2n) is 10.9. The second-order valence-corrected chi connectivity index (χ2v) is 12.6. The molecule has 8 nitrogen and oxygen atoms in total. The van der Waals surface area contributed by atoms with E-state index in [-0.39, 0.29) is 36.3 Å². The first-order chi connectivity index (χ1) is 20.3. The maximum atomic E-state index is 13.6. The largest absolute Gasteiger partial charge is 0.301 e. The lowest BCUT2D eigenvalue weighted by Gasteiger charge is -2.29. The van der Waals surface area contributed by atoms with Crippen LogP contribution in [0, 0.1) is 17.7 Å². The van der Waals surface area contributed by atoms with Crippen molar-refractivity contribution in [2.45, 2.75) is 30.4 Å². The van der Waals surface area contributed by atoms with Crippen molar-refractivity contribution in [2.75, 3.05) is 0 Å². The van der Waals surface area contributed by atoms with Gasteiger partial charge >= 0.3 is 5.91 Å². The van der Waals surface area contributed by atoms with Crippen molar-refractivity contribution < 1.29 is 22.2 Å². The Labute approximate surface area is 253 Å². The number of benzene rings is 3. The van der Waals surface area contributed by atoms with Gasteiger partial charge in [0, 0.05) is 5.92 Å². The highest BCUT2D eigenvalue weighted by Crippen LogP contribution is 2.40. The zero-order chi connectivity index (χ0) is 29.0. The van der Waals surface area contributed by atoms with Gasteiger partial charge in [0.25, 0.3) is 10.1 Å². The minimum Gasteiger partial charge on any atom is -0.285 e. The van der Waals surface area contributed by atoms with Gasteiger partial charge in [-0.2, -0.15) is 13.4 Å². The fourth-order valence-corrected chi connectivity index (χ4v) is 7.17. The van der Waals surface area contributed by atoms with E-state index in [9.17, 15) is 22.2 Å². The Morgan fingerprint density at radius 2 is 1.60 bits per heavy atom. The SMILES string of the molecule is Cl.O=C1N=CN=C2N=CN=C12.O=S(=O)(O)C1CC=c2c(ccc3c4c(ccc23)C=CC(C2CC2)C=4)C1c1ccc(F)cc1. The molecule has 3 unspecified atom stereocenters. The van der Waals surface area contributed by atoms with E-state index < -0.39 is 21.3 Å². The monoisotopic (exact) mass is 616 g/mol. The van der Waals surface area contributed by atoms with Crippen molar-refractivity contribution in [2.24, 2.45) is 31.8 Å². The summed E-state index contributed by atoms with van der Waals surface area (Å²) in [4.78, 5) is 25.3. The van der Waals surface area contributed by atoms with E-state index in [0.29, 0.717) is 17.3 Å². The van der Waals surface area contributed by atoms with Gasteiger partial charge in [0.1, 0.15) is 23.7 Å². The molecule has 3 aromatic rings. The topological polar surface area (TPSA) is 121 Å². The van der Waals surface area contributed by atoms with Crippen LogP contribution in [0.25, 0.3) is 29.0 Å². The summed E-state index contributed by atoms with van der Waals surface area (Å²) in [6, 6.07) is 14.2. The number of hydrogen-bond acceptors (Lipinski definition) is 6. The molecule has 0 spiro atoms. The zero-order valence-electron chi connectivity index (χ0n) is 22.7. The van der Waals surface area contributed by atoms with E-state index in [0.717, 1.165) is 27.5 Å². The molecule has 1 fully saturated rings. The number of allylic oxidation sites excluding steroid dienone is 1. The van der Waals surface area contributed by atoms with Crippen LogP contribution in [0.15, 0.2) is 74.6 Å². The third-order valence-corrected chi connectivity index (χ3v) is 9.61. The van der Waals surface area contributed by atoms with Gasteiger partial charge in [-0.05, 0) is 81.1 Å². The summed E-state index contributed by atoms with van der Waals surface area (Å²) in [5.41, 5.74) is 2.98. The van der Waals surface area contributed by atoms with Crippen molar-refractivity contribution in [3.63, 3.8) is 0 Å². The highest BCUT2D eigenvalue weighted by atomic mass is 35.5. The molecule has 2 aliphatic heterocycles. The number of amidine groups is 1. The Hall–Kier alpha value is -4.12. The lowest BCUT2D eigenvalue weighted by atomic mass is 9.80. The Morgan fingerprint density at radius 1 is 0.884 bits per heavy atom. The lowest BCUT2D eigenvalue weighted by molar-refractivity contribution is -0.111. The van der Waals surface area contributed by atoms with Gasteiger partial charge < -0.3 is 0 Å². The number of fused-ring (bicyclic) bond motifs is 6. The van der Waals surface area contributed by atoms with Gasteiger partial charge in [-0.25, -0.2) is 19.4 Å². The normalized spacial score (nSPS) is 22.9. The van der Waals surface area contributed by atoms with Crippen molar-refractivity contribution >= 4 is 81.7 Å². The van der Waals surface area contributed by atoms with Crippen molar-refractivity contribution in [3.8, 4) is 0 Å². The van der Waals surface area contributed by atoms with Gasteiger partial charge in [0.2, 0.25) is 0 Å². The fraction of sp³-hybridized carbons (Fsp3) is 0.219. The maximum Gasteiger partial charge on any atom is 0.301 e. The number of aliphatic imine (C=N–C) groups is 4. The van der Waals surface area contributed by atoms with E-state index in [1.807, 2.05) is 12.1 Å². The summed E-state index contributed by atoms with van der Waals surface area (Å²) in [6.07, 6.45) is 14.1. The number of hydrogen-bond donors (Lipinski definition) is 1. The summed E-state index contributed by atoms with van der Waals surface area (Å²) in [6.45, 7) is 0. The third-order valence-electron chi connectivity index (χ3n) is 8.38.